The van der Waals surface area contributed by atoms with E-state index in [1.807, 2.05) is 12.4 Å². The predicted molar refractivity (Wildman–Crippen MR) is 60.5 cm³/mol. The summed E-state index contributed by atoms with van der Waals surface area (Å²) in [6.07, 6.45) is 10.5. The Morgan fingerprint density at radius 1 is 1.20 bits per heavy atom. The van der Waals surface area contributed by atoms with Crippen LogP contribution in [0.5, 0.6) is 0 Å². The third-order valence-electron chi connectivity index (χ3n) is 3.42. The molecule has 1 aromatic heterocycles. The van der Waals surface area contributed by atoms with E-state index in [1.54, 1.807) is 0 Å². The number of pyridine rings is 1. The van der Waals surface area contributed by atoms with Gasteiger partial charge in [0.25, 0.3) is 0 Å². The fourth-order valence-corrected chi connectivity index (χ4v) is 2.43. The molecule has 0 amide bonds. The smallest absolute Gasteiger partial charge is 0.0568 e. The second-order valence-electron chi connectivity index (χ2n) is 4.51. The molecular formula is C13H19NO. The van der Waals surface area contributed by atoms with Crippen molar-refractivity contribution in [2.24, 2.45) is 5.92 Å². The first-order valence-corrected chi connectivity index (χ1v) is 5.93. The van der Waals surface area contributed by atoms with Gasteiger partial charge < -0.3 is 5.11 Å². The summed E-state index contributed by atoms with van der Waals surface area (Å²) in [5.41, 5.74) is 1.34. The Morgan fingerprint density at radius 2 is 1.93 bits per heavy atom. The standard InChI is InChI=1S/C13H19NO/c15-13-4-2-1-3-12(13)6-5-11-7-9-14-10-8-11/h7-10,12-13,15H,1-6H2. The molecule has 1 fully saturated rings. The Labute approximate surface area is 91.4 Å². The molecule has 0 aliphatic heterocycles. The summed E-state index contributed by atoms with van der Waals surface area (Å²) < 4.78 is 0. The summed E-state index contributed by atoms with van der Waals surface area (Å²) >= 11 is 0. The highest BCUT2D eigenvalue weighted by Crippen LogP contribution is 2.27. The van der Waals surface area contributed by atoms with Crippen LogP contribution in [-0.2, 0) is 6.42 Å². The van der Waals surface area contributed by atoms with Crippen molar-refractivity contribution in [1.82, 2.24) is 4.98 Å². The molecule has 0 aromatic carbocycles. The highest BCUT2D eigenvalue weighted by molar-refractivity contribution is 5.09. The number of aliphatic hydroxyl groups excluding tert-OH is 1. The summed E-state index contributed by atoms with van der Waals surface area (Å²) in [6.45, 7) is 0. The van der Waals surface area contributed by atoms with E-state index in [2.05, 4.69) is 17.1 Å². The van der Waals surface area contributed by atoms with Crippen LogP contribution < -0.4 is 0 Å². The fourth-order valence-electron chi connectivity index (χ4n) is 2.43. The average molecular weight is 205 g/mol. The summed E-state index contributed by atoms with van der Waals surface area (Å²) in [6, 6.07) is 4.13. The lowest BCUT2D eigenvalue weighted by molar-refractivity contribution is 0.0655. The average Bonchev–Trinajstić information content (AvgIpc) is 2.29. The minimum atomic E-state index is -0.0550. The molecule has 1 N–H and O–H groups in total. The molecule has 15 heavy (non-hydrogen) atoms. The third-order valence-corrected chi connectivity index (χ3v) is 3.42. The first-order valence-electron chi connectivity index (χ1n) is 5.93. The molecule has 1 aromatic rings. The number of rotatable bonds is 3. The Hall–Kier alpha value is -0.890. The molecule has 0 radical (unpaired) electrons. The first-order chi connectivity index (χ1) is 7.36. The lowest BCUT2D eigenvalue weighted by Crippen LogP contribution is -2.24. The van der Waals surface area contributed by atoms with E-state index in [0.29, 0.717) is 5.92 Å². The van der Waals surface area contributed by atoms with Gasteiger partial charge in [-0.3, -0.25) is 4.98 Å². The summed E-state index contributed by atoms with van der Waals surface area (Å²) in [7, 11) is 0. The van der Waals surface area contributed by atoms with Crippen LogP contribution in [0.25, 0.3) is 0 Å². The lowest BCUT2D eigenvalue weighted by atomic mass is 9.83. The molecule has 82 valence electrons. The summed E-state index contributed by atoms with van der Waals surface area (Å²) in [4.78, 5) is 4.01. The molecule has 0 bridgehead atoms. The van der Waals surface area contributed by atoms with Gasteiger partial charge in [-0.25, -0.2) is 0 Å². The van der Waals surface area contributed by atoms with E-state index in [0.717, 1.165) is 19.3 Å². The molecule has 0 saturated heterocycles. The largest absolute Gasteiger partial charge is 0.393 e. The number of aryl methyl sites for hydroxylation is 1. The molecule has 1 aliphatic rings. The zero-order valence-corrected chi connectivity index (χ0v) is 9.10. The van der Waals surface area contributed by atoms with Crippen LogP contribution in [0.15, 0.2) is 24.5 Å². The molecule has 0 spiro atoms. The zero-order valence-electron chi connectivity index (χ0n) is 9.10. The quantitative estimate of drug-likeness (QED) is 0.822. The highest BCUT2D eigenvalue weighted by Gasteiger charge is 2.22. The van der Waals surface area contributed by atoms with Gasteiger partial charge >= 0.3 is 0 Å². The Kier molecular flexibility index (Phi) is 3.73. The number of hydrogen-bond acceptors (Lipinski definition) is 2. The van der Waals surface area contributed by atoms with E-state index in [-0.39, 0.29) is 6.10 Å². The molecule has 2 atom stereocenters. The van der Waals surface area contributed by atoms with Crippen molar-refractivity contribution >= 4 is 0 Å². The highest BCUT2D eigenvalue weighted by atomic mass is 16.3. The van der Waals surface area contributed by atoms with E-state index in [9.17, 15) is 5.11 Å². The molecule has 1 heterocycles. The van der Waals surface area contributed by atoms with Gasteiger partial charge in [0.05, 0.1) is 6.10 Å². The van der Waals surface area contributed by atoms with Crippen LogP contribution >= 0.6 is 0 Å². The Balaban J connectivity index is 1.82. The van der Waals surface area contributed by atoms with Gasteiger partial charge in [-0.2, -0.15) is 0 Å². The monoisotopic (exact) mass is 205 g/mol. The van der Waals surface area contributed by atoms with Crippen molar-refractivity contribution in [1.29, 1.82) is 0 Å². The summed E-state index contributed by atoms with van der Waals surface area (Å²) in [5.74, 6) is 0.520. The maximum atomic E-state index is 9.83. The molecule has 1 aliphatic carbocycles. The number of aromatic nitrogens is 1. The van der Waals surface area contributed by atoms with Gasteiger partial charge in [0.2, 0.25) is 0 Å². The van der Waals surface area contributed by atoms with Crippen molar-refractivity contribution in [3.8, 4) is 0 Å². The Morgan fingerprint density at radius 3 is 2.67 bits per heavy atom. The van der Waals surface area contributed by atoms with Gasteiger partial charge in [0.15, 0.2) is 0 Å². The lowest BCUT2D eigenvalue weighted by Gasteiger charge is -2.27. The van der Waals surface area contributed by atoms with Crippen LogP contribution in [0.2, 0.25) is 0 Å². The van der Waals surface area contributed by atoms with E-state index < -0.39 is 0 Å². The Bertz CT molecular complexity index is 286. The molecule has 2 nitrogen and oxygen atoms in total. The van der Waals surface area contributed by atoms with Gasteiger partial charge in [0.1, 0.15) is 0 Å². The van der Waals surface area contributed by atoms with Gasteiger partial charge in [0, 0.05) is 12.4 Å². The van der Waals surface area contributed by atoms with Gasteiger partial charge in [-0.05, 0) is 49.3 Å². The number of aliphatic hydroxyl groups is 1. The van der Waals surface area contributed by atoms with E-state index in [4.69, 9.17) is 0 Å². The van der Waals surface area contributed by atoms with Crippen molar-refractivity contribution in [2.75, 3.05) is 0 Å². The van der Waals surface area contributed by atoms with Crippen LogP contribution in [0, 0.1) is 5.92 Å². The van der Waals surface area contributed by atoms with E-state index in [1.165, 1.54) is 24.8 Å². The second-order valence-corrected chi connectivity index (χ2v) is 4.51. The van der Waals surface area contributed by atoms with Crippen molar-refractivity contribution < 1.29 is 5.11 Å². The topological polar surface area (TPSA) is 33.1 Å². The molecule has 1 saturated carbocycles. The minimum absolute atomic E-state index is 0.0550. The SMILES string of the molecule is OC1CCCCC1CCc1ccncc1. The predicted octanol–water partition coefficient (Wildman–Crippen LogP) is 2.57. The molecular weight excluding hydrogens is 186 g/mol. The zero-order chi connectivity index (χ0) is 10.5. The first kappa shape index (κ1) is 10.6. The van der Waals surface area contributed by atoms with Crippen LogP contribution in [0.3, 0.4) is 0 Å². The third kappa shape index (κ3) is 3.03. The van der Waals surface area contributed by atoms with Crippen molar-refractivity contribution in [3.63, 3.8) is 0 Å². The molecule has 2 unspecified atom stereocenters. The second kappa shape index (κ2) is 5.26. The fraction of sp³-hybridized carbons (Fsp3) is 0.615. The maximum Gasteiger partial charge on any atom is 0.0568 e. The summed E-state index contributed by atoms with van der Waals surface area (Å²) in [5, 5.41) is 9.83. The van der Waals surface area contributed by atoms with Crippen LogP contribution in [0.4, 0.5) is 0 Å². The number of hydrogen-bond donors (Lipinski definition) is 1. The van der Waals surface area contributed by atoms with Gasteiger partial charge in [-0.15, -0.1) is 0 Å². The van der Waals surface area contributed by atoms with Crippen LogP contribution in [-0.4, -0.2) is 16.2 Å². The maximum absolute atomic E-state index is 9.83. The normalized spacial score (nSPS) is 26.5. The number of nitrogens with zero attached hydrogens (tertiary/aromatic N) is 1. The van der Waals surface area contributed by atoms with E-state index >= 15 is 0 Å². The van der Waals surface area contributed by atoms with Gasteiger partial charge in [-0.1, -0.05) is 12.8 Å². The molecule has 2 heteroatoms. The van der Waals surface area contributed by atoms with Crippen LogP contribution in [0.1, 0.15) is 37.7 Å². The van der Waals surface area contributed by atoms with Crippen molar-refractivity contribution in [3.05, 3.63) is 30.1 Å². The minimum Gasteiger partial charge on any atom is -0.393 e. The van der Waals surface area contributed by atoms with Crippen molar-refractivity contribution in [2.45, 2.75) is 44.6 Å². The molecule has 2 rings (SSSR count).